The Hall–Kier alpha value is -4.64. The van der Waals surface area contributed by atoms with Crippen LogP contribution < -0.4 is 14.8 Å². The first-order valence-electron chi connectivity index (χ1n) is 10.5. The maximum atomic E-state index is 12.6. The van der Waals surface area contributed by atoms with Gasteiger partial charge in [0.15, 0.2) is 11.5 Å². The number of nitro groups is 1. The largest absolute Gasteiger partial charge is 0.490 e. The fourth-order valence-corrected chi connectivity index (χ4v) is 3.16. The van der Waals surface area contributed by atoms with Crippen LogP contribution in [0.3, 0.4) is 0 Å². The highest BCUT2D eigenvalue weighted by Crippen LogP contribution is 2.30. The Kier molecular flexibility index (Phi) is 7.97. The van der Waals surface area contributed by atoms with Crippen LogP contribution in [0.15, 0.2) is 72.3 Å². The number of amides is 1. The molecule has 3 aromatic rings. The number of hydrogen-bond donors (Lipinski definition) is 1. The molecule has 172 valence electrons. The summed E-state index contributed by atoms with van der Waals surface area (Å²) < 4.78 is 11.5. The van der Waals surface area contributed by atoms with Crippen molar-refractivity contribution < 1.29 is 19.2 Å². The average molecular weight is 457 g/mol. The zero-order valence-corrected chi connectivity index (χ0v) is 18.8. The summed E-state index contributed by atoms with van der Waals surface area (Å²) >= 11 is 0. The zero-order chi connectivity index (χ0) is 24.5. The third-order valence-electron chi connectivity index (χ3n) is 4.74. The van der Waals surface area contributed by atoms with Crippen molar-refractivity contribution in [2.45, 2.75) is 20.5 Å². The number of rotatable bonds is 9. The molecular formula is C26H23N3O5. The molecule has 0 aromatic heterocycles. The predicted molar refractivity (Wildman–Crippen MR) is 128 cm³/mol. The third-order valence-corrected chi connectivity index (χ3v) is 4.74. The average Bonchev–Trinajstić information content (AvgIpc) is 2.82. The van der Waals surface area contributed by atoms with Crippen molar-refractivity contribution in [3.05, 3.63) is 99.1 Å². The van der Waals surface area contributed by atoms with E-state index in [0.717, 1.165) is 5.56 Å². The standard InChI is InChI=1S/C26H23N3O5/c1-3-33-25-15-19(13-21(16-27)26(30)28-22-8-4-6-18(2)12-22)10-11-24(25)34-17-20-7-5-9-23(14-20)29(31)32/h4-15H,3,17H2,1-2H3,(H,28,30)/b21-13-. The number of nitro benzene ring substituents is 1. The highest BCUT2D eigenvalue weighted by Gasteiger charge is 2.12. The van der Waals surface area contributed by atoms with Crippen LogP contribution in [0.25, 0.3) is 6.08 Å². The summed E-state index contributed by atoms with van der Waals surface area (Å²) in [5.74, 6) is 0.350. The number of ether oxygens (including phenoxy) is 2. The molecule has 0 bridgehead atoms. The van der Waals surface area contributed by atoms with Crippen LogP contribution in [-0.2, 0) is 11.4 Å². The quantitative estimate of drug-likeness (QED) is 0.198. The van der Waals surface area contributed by atoms with E-state index in [-0.39, 0.29) is 17.9 Å². The van der Waals surface area contributed by atoms with Crippen molar-refractivity contribution in [3.63, 3.8) is 0 Å². The SMILES string of the molecule is CCOc1cc(/C=C(/C#N)C(=O)Nc2cccc(C)c2)ccc1OCc1cccc([N+](=O)[O-])c1. The Morgan fingerprint density at radius 1 is 1.09 bits per heavy atom. The van der Waals surface area contributed by atoms with Gasteiger partial charge in [-0.1, -0.05) is 30.3 Å². The summed E-state index contributed by atoms with van der Waals surface area (Å²) in [6.07, 6.45) is 1.47. The first-order valence-corrected chi connectivity index (χ1v) is 10.5. The number of aryl methyl sites for hydroxylation is 1. The Bertz CT molecular complexity index is 1280. The summed E-state index contributed by atoms with van der Waals surface area (Å²) in [5, 5.41) is 23.2. The molecule has 0 radical (unpaired) electrons. The summed E-state index contributed by atoms with van der Waals surface area (Å²) in [6.45, 7) is 4.22. The molecule has 1 amide bonds. The summed E-state index contributed by atoms with van der Waals surface area (Å²) in [5.41, 5.74) is 2.74. The van der Waals surface area contributed by atoms with Crippen molar-refractivity contribution >= 4 is 23.4 Å². The molecule has 0 heterocycles. The summed E-state index contributed by atoms with van der Waals surface area (Å²) in [7, 11) is 0. The van der Waals surface area contributed by atoms with Crippen LogP contribution >= 0.6 is 0 Å². The second-order valence-electron chi connectivity index (χ2n) is 7.35. The highest BCUT2D eigenvalue weighted by molar-refractivity contribution is 6.09. The lowest BCUT2D eigenvalue weighted by Gasteiger charge is -2.13. The van der Waals surface area contributed by atoms with Gasteiger partial charge in [-0.15, -0.1) is 0 Å². The zero-order valence-electron chi connectivity index (χ0n) is 18.8. The minimum absolute atomic E-state index is 0.0143. The van der Waals surface area contributed by atoms with Crippen LogP contribution in [0.1, 0.15) is 23.6 Å². The van der Waals surface area contributed by atoms with Crippen molar-refractivity contribution in [2.75, 3.05) is 11.9 Å². The second kappa shape index (κ2) is 11.3. The first-order chi connectivity index (χ1) is 16.4. The van der Waals surface area contributed by atoms with Crippen molar-refractivity contribution in [1.82, 2.24) is 0 Å². The molecule has 0 aliphatic heterocycles. The van der Waals surface area contributed by atoms with Crippen molar-refractivity contribution in [1.29, 1.82) is 5.26 Å². The maximum Gasteiger partial charge on any atom is 0.269 e. The van der Waals surface area contributed by atoms with Crippen molar-refractivity contribution in [3.8, 4) is 17.6 Å². The van der Waals surface area contributed by atoms with E-state index in [1.54, 1.807) is 36.4 Å². The lowest BCUT2D eigenvalue weighted by atomic mass is 10.1. The first kappa shape index (κ1) is 24.0. The van der Waals surface area contributed by atoms with Gasteiger partial charge in [0.25, 0.3) is 11.6 Å². The van der Waals surface area contributed by atoms with E-state index in [1.807, 2.05) is 38.1 Å². The molecule has 34 heavy (non-hydrogen) atoms. The van der Waals surface area contributed by atoms with Crippen molar-refractivity contribution in [2.24, 2.45) is 0 Å². The van der Waals surface area contributed by atoms with Crippen LogP contribution in [0, 0.1) is 28.4 Å². The molecule has 0 aliphatic carbocycles. The number of anilines is 1. The number of non-ortho nitro benzene ring substituents is 1. The molecule has 3 rings (SSSR count). The van der Waals surface area contributed by atoms with E-state index in [4.69, 9.17) is 9.47 Å². The molecule has 0 fully saturated rings. The molecule has 8 nitrogen and oxygen atoms in total. The van der Waals surface area contributed by atoms with Gasteiger partial charge >= 0.3 is 0 Å². The molecule has 0 saturated heterocycles. The van der Waals surface area contributed by atoms with E-state index in [9.17, 15) is 20.2 Å². The van der Waals surface area contributed by atoms with Gasteiger partial charge in [0.2, 0.25) is 0 Å². The van der Waals surface area contributed by atoms with Crippen LogP contribution in [0.5, 0.6) is 11.5 Å². The molecular weight excluding hydrogens is 434 g/mol. The van der Waals surface area contributed by atoms with Gasteiger partial charge in [-0.3, -0.25) is 14.9 Å². The molecule has 0 unspecified atom stereocenters. The van der Waals surface area contributed by atoms with Gasteiger partial charge in [-0.2, -0.15) is 5.26 Å². The summed E-state index contributed by atoms with van der Waals surface area (Å²) in [6, 6.07) is 20.5. The van der Waals surface area contributed by atoms with E-state index >= 15 is 0 Å². The number of hydrogen-bond acceptors (Lipinski definition) is 6. The Labute approximate surface area is 197 Å². The molecule has 0 aliphatic rings. The van der Waals surface area contributed by atoms with E-state index in [2.05, 4.69) is 5.32 Å². The molecule has 3 aromatic carbocycles. The lowest BCUT2D eigenvalue weighted by molar-refractivity contribution is -0.384. The van der Waals surface area contributed by atoms with Gasteiger partial charge in [0.05, 0.1) is 11.5 Å². The number of nitriles is 1. The van der Waals surface area contributed by atoms with Gasteiger partial charge in [0.1, 0.15) is 18.2 Å². The van der Waals surface area contributed by atoms with Gasteiger partial charge in [-0.05, 0) is 60.9 Å². The van der Waals surface area contributed by atoms with Gasteiger partial charge in [-0.25, -0.2) is 0 Å². The number of nitrogens with zero attached hydrogens (tertiary/aromatic N) is 2. The molecule has 8 heteroatoms. The third kappa shape index (κ3) is 6.43. The minimum Gasteiger partial charge on any atom is -0.490 e. The van der Waals surface area contributed by atoms with E-state index < -0.39 is 10.8 Å². The lowest BCUT2D eigenvalue weighted by Crippen LogP contribution is -2.13. The number of nitrogens with one attached hydrogen (secondary N) is 1. The Morgan fingerprint density at radius 3 is 2.59 bits per heavy atom. The molecule has 0 spiro atoms. The monoisotopic (exact) mass is 457 g/mol. The number of benzene rings is 3. The topological polar surface area (TPSA) is 114 Å². The molecule has 0 atom stereocenters. The van der Waals surface area contributed by atoms with Crippen LogP contribution in [-0.4, -0.2) is 17.4 Å². The van der Waals surface area contributed by atoms with Gasteiger partial charge < -0.3 is 14.8 Å². The normalized spacial score (nSPS) is 10.8. The van der Waals surface area contributed by atoms with Crippen LogP contribution in [0.2, 0.25) is 0 Å². The summed E-state index contributed by atoms with van der Waals surface area (Å²) in [4.78, 5) is 23.1. The maximum absolute atomic E-state index is 12.6. The fourth-order valence-electron chi connectivity index (χ4n) is 3.16. The fraction of sp³-hybridized carbons (Fsp3) is 0.154. The predicted octanol–water partition coefficient (Wildman–Crippen LogP) is 5.43. The second-order valence-corrected chi connectivity index (χ2v) is 7.35. The number of carbonyl (C=O) groups excluding carboxylic acids is 1. The Balaban J connectivity index is 1.78. The Morgan fingerprint density at radius 2 is 1.88 bits per heavy atom. The van der Waals surface area contributed by atoms with Crippen LogP contribution in [0.4, 0.5) is 11.4 Å². The molecule has 0 saturated carbocycles. The van der Waals surface area contributed by atoms with Gasteiger partial charge in [0, 0.05) is 17.8 Å². The number of carbonyl (C=O) groups is 1. The smallest absolute Gasteiger partial charge is 0.269 e. The highest BCUT2D eigenvalue weighted by atomic mass is 16.6. The minimum atomic E-state index is -0.517. The van der Waals surface area contributed by atoms with E-state index in [0.29, 0.717) is 34.9 Å². The van der Waals surface area contributed by atoms with E-state index in [1.165, 1.54) is 18.2 Å². The molecule has 1 N–H and O–H groups in total.